The number of hydrogen-bond donors (Lipinski definition) is 1. The van der Waals surface area contributed by atoms with E-state index in [0.717, 1.165) is 37.1 Å². The molecule has 1 saturated heterocycles. The molecular weight excluding hydrogens is 357 g/mol. The molecule has 1 unspecified atom stereocenters. The molecule has 5 nitrogen and oxygen atoms in total. The van der Waals surface area contributed by atoms with Crippen LogP contribution >= 0.6 is 12.4 Å². The Hall–Kier alpha value is -1.03. The topological polar surface area (TPSA) is 58.6 Å². The van der Waals surface area contributed by atoms with Crippen LogP contribution in [0.5, 0.6) is 5.75 Å². The first-order valence-corrected chi connectivity index (χ1v) is 8.19. The summed E-state index contributed by atoms with van der Waals surface area (Å²) in [5, 5.41) is 3.04. The maximum atomic E-state index is 12.5. The van der Waals surface area contributed by atoms with Crippen molar-refractivity contribution in [2.75, 3.05) is 20.1 Å². The highest BCUT2D eigenvalue weighted by atomic mass is 35.5. The number of alkyl halides is 3. The lowest BCUT2D eigenvalue weighted by molar-refractivity contribution is -0.274. The third kappa shape index (κ3) is 5.23. The molecule has 1 N–H and O–H groups in total. The van der Waals surface area contributed by atoms with Crippen molar-refractivity contribution in [1.82, 2.24) is 9.62 Å². The molecule has 1 aromatic rings. The van der Waals surface area contributed by atoms with Gasteiger partial charge in [0.15, 0.2) is 0 Å². The van der Waals surface area contributed by atoms with Gasteiger partial charge in [-0.3, -0.25) is 0 Å². The first-order valence-electron chi connectivity index (χ1n) is 6.75. The molecule has 10 heteroatoms. The Morgan fingerprint density at radius 3 is 2.39 bits per heavy atom. The Labute approximate surface area is 139 Å². The lowest BCUT2D eigenvalue weighted by Crippen LogP contribution is -2.46. The number of likely N-dealkylation sites (N-methyl/N-ethyl adjacent to an activating group) is 1. The summed E-state index contributed by atoms with van der Waals surface area (Å²) >= 11 is 0. The van der Waals surface area contributed by atoms with Crippen LogP contribution in [0.2, 0.25) is 0 Å². The number of hydrogen-bond acceptors (Lipinski definition) is 4. The van der Waals surface area contributed by atoms with Crippen LogP contribution in [0.1, 0.15) is 12.8 Å². The molecule has 0 saturated carbocycles. The van der Waals surface area contributed by atoms with E-state index >= 15 is 0 Å². The average molecular weight is 375 g/mol. The number of nitrogens with one attached hydrogen (secondary N) is 1. The Bertz CT molecular complexity index is 608. The van der Waals surface area contributed by atoms with E-state index in [1.165, 1.54) is 4.31 Å². The van der Waals surface area contributed by atoms with Crippen molar-refractivity contribution in [1.29, 1.82) is 0 Å². The van der Waals surface area contributed by atoms with Gasteiger partial charge in [0.2, 0.25) is 10.0 Å². The van der Waals surface area contributed by atoms with Crippen molar-refractivity contribution in [3.8, 4) is 5.75 Å². The van der Waals surface area contributed by atoms with Crippen molar-refractivity contribution in [3.05, 3.63) is 24.3 Å². The van der Waals surface area contributed by atoms with Crippen LogP contribution in [0.15, 0.2) is 29.2 Å². The maximum Gasteiger partial charge on any atom is 0.573 e. The zero-order valence-electron chi connectivity index (χ0n) is 12.3. The predicted molar refractivity (Wildman–Crippen MR) is 81.2 cm³/mol. The lowest BCUT2D eigenvalue weighted by atomic mass is 10.1. The van der Waals surface area contributed by atoms with Gasteiger partial charge in [0.05, 0.1) is 4.90 Å². The van der Waals surface area contributed by atoms with Crippen LogP contribution in [-0.2, 0) is 10.0 Å². The van der Waals surface area contributed by atoms with Gasteiger partial charge in [-0.1, -0.05) is 0 Å². The van der Waals surface area contributed by atoms with Crippen LogP contribution in [0.25, 0.3) is 0 Å². The van der Waals surface area contributed by atoms with Crippen molar-refractivity contribution < 1.29 is 26.3 Å². The van der Waals surface area contributed by atoms with Gasteiger partial charge in [0.1, 0.15) is 5.75 Å². The SMILES string of the molecule is CNC1CCCN(S(=O)(=O)c2ccc(OC(F)(F)F)cc2)C1.Cl. The molecule has 1 fully saturated rings. The number of ether oxygens (including phenoxy) is 1. The van der Waals surface area contributed by atoms with Gasteiger partial charge in [0, 0.05) is 19.1 Å². The summed E-state index contributed by atoms with van der Waals surface area (Å²) in [7, 11) is -1.94. The number of piperidine rings is 1. The minimum atomic E-state index is -4.80. The molecule has 0 radical (unpaired) electrons. The normalized spacial score (nSPS) is 19.9. The van der Waals surface area contributed by atoms with Crippen molar-refractivity contribution in [3.63, 3.8) is 0 Å². The fourth-order valence-electron chi connectivity index (χ4n) is 2.36. The fraction of sp³-hybridized carbons (Fsp3) is 0.538. The first-order chi connectivity index (χ1) is 10.2. The summed E-state index contributed by atoms with van der Waals surface area (Å²) in [4.78, 5) is -0.0428. The van der Waals surface area contributed by atoms with Crippen molar-refractivity contribution in [2.45, 2.75) is 30.1 Å². The third-order valence-electron chi connectivity index (χ3n) is 3.49. The maximum absolute atomic E-state index is 12.5. The number of halogens is 4. The van der Waals surface area contributed by atoms with Crippen molar-refractivity contribution >= 4 is 22.4 Å². The van der Waals surface area contributed by atoms with E-state index in [-0.39, 0.29) is 23.3 Å². The van der Waals surface area contributed by atoms with Gasteiger partial charge >= 0.3 is 6.36 Å². The monoisotopic (exact) mass is 374 g/mol. The van der Waals surface area contributed by atoms with Gasteiger partial charge < -0.3 is 10.1 Å². The van der Waals surface area contributed by atoms with Gasteiger partial charge in [-0.05, 0) is 44.2 Å². The molecular formula is C13H18ClF3N2O3S. The summed E-state index contributed by atoms with van der Waals surface area (Å²) < 4.78 is 66.3. The quantitative estimate of drug-likeness (QED) is 0.879. The molecule has 0 aromatic heterocycles. The molecule has 23 heavy (non-hydrogen) atoms. The smallest absolute Gasteiger partial charge is 0.406 e. The molecule has 0 bridgehead atoms. The highest BCUT2D eigenvalue weighted by Crippen LogP contribution is 2.26. The zero-order chi connectivity index (χ0) is 16.4. The molecule has 0 spiro atoms. The molecule has 1 aliphatic heterocycles. The Morgan fingerprint density at radius 2 is 1.87 bits per heavy atom. The molecule has 132 valence electrons. The second-order valence-corrected chi connectivity index (χ2v) is 6.95. The first kappa shape index (κ1) is 20.0. The van der Waals surface area contributed by atoms with Crippen molar-refractivity contribution in [2.24, 2.45) is 0 Å². The van der Waals surface area contributed by atoms with Gasteiger partial charge in [0.25, 0.3) is 0 Å². The molecule has 1 aliphatic rings. The van der Waals surface area contributed by atoms with E-state index in [9.17, 15) is 21.6 Å². The second-order valence-electron chi connectivity index (χ2n) is 5.01. The van der Waals surface area contributed by atoms with Gasteiger partial charge in [-0.2, -0.15) is 4.31 Å². The molecule has 1 atom stereocenters. The van der Waals surface area contributed by atoms with Gasteiger partial charge in [-0.15, -0.1) is 25.6 Å². The van der Waals surface area contributed by atoms with E-state index in [4.69, 9.17) is 0 Å². The summed E-state index contributed by atoms with van der Waals surface area (Å²) in [5.41, 5.74) is 0. The highest BCUT2D eigenvalue weighted by Gasteiger charge is 2.32. The minimum absolute atomic E-state index is 0. The summed E-state index contributed by atoms with van der Waals surface area (Å²) in [5.74, 6) is -0.446. The summed E-state index contributed by atoms with van der Waals surface area (Å²) in [6.45, 7) is 0.751. The predicted octanol–water partition coefficient (Wildman–Crippen LogP) is 2.38. The second kappa shape index (κ2) is 7.69. The molecule has 1 aromatic carbocycles. The minimum Gasteiger partial charge on any atom is -0.406 e. The number of nitrogens with zero attached hydrogens (tertiary/aromatic N) is 1. The standard InChI is InChI=1S/C13H17F3N2O3S.ClH/c1-17-10-3-2-8-18(9-10)22(19,20)12-6-4-11(5-7-12)21-13(14,15)16;/h4-7,10,17H,2-3,8-9H2,1H3;1H. The largest absolute Gasteiger partial charge is 0.573 e. The number of benzene rings is 1. The highest BCUT2D eigenvalue weighted by molar-refractivity contribution is 7.89. The average Bonchev–Trinajstić information content (AvgIpc) is 2.46. The number of rotatable bonds is 4. The summed E-state index contributed by atoms with van der Waals surface area (Å²) in [6.07, 6.45) is -3.17. The Morgan fingerprint density at radius 1 is 1.26 bits per heavy atom. The van der Waals surface area contributed by atoms with E-state index in [2.05, 4.69) is 10.1 Å². The zero-order valence-corrected chi connectivity index (χ0v) is 14.0. The van der Waals surface area contributed by atoms with E-state index in [1.54, 1.807) is 7.05 Å². The summed E-state index contributed by atoms with van der Waals surface area (Å²) in [6, 6.07) is 4.33. The van der Waals surface area contributed by atoms with Gasteiger partial charge in [-0.25, -0.2) is 8.42 Å². The molecule has 1 heterocycles. The van der Waals surface area contributed by atoms with Crippen LogP contribution < -0.4 is 10.1 Å². The van der Waals surface area contributed by atoms with Crippen LogP contribution in [0, 0.1) is 0 Å². The molecule has 0 aliphatic carbocycles. The fourth-order valence-corrected chi connectivity index (χ4v) is 3.88. The van der Waals surface area contributed by atoms with E-state index in [1.807, 2.05) is 0 Å². The Kier molecular flexibility index (Phi) is 6.70. The van der Waals surface area contributed by atoms with E-state index in [0.29, 0.717) is 13.1 Å². The van der Waals surface area contributed by atoms with Crippen LogP contribution in [0.3, 0.4) is 0 Å². The molecule has 0 amide bonds. The lowest BCUT2D eigenvalue weighted by Gasteiger charge is -2.31. The molecule has 2 rings (SSSR count). The Balaban J connectivity index is 0.00000264. The van der Waals surface area contributed by atoms with E-state index < -0.39 is 22.1 Å². The number of sulfonamides is 1. The van der Waals surface area contributed by atoms with Crippen LogP contribution in [-0.4, -0.2) is 45.3 Å². The van der Waals surface area contributed by atoms with Crippen LogP contribution in [0.4, 0.5) is 13.2 Å². The third-order valence-corrected chi connectivity index (χ3v) is 5.37.